The molecule has 1 aliphatic heterocycles. The van der Waals surface area contributed by atoms with Crippen LogP contribution in [0, 0.1) is 0 Å². The first kappa shape index (κ1) is 28.6. The number of carbonyl (C=O) groups excluding carboxylic acids is 2. The lowest BCUT2D eigenvalue weighted by Crippen LogP contribution is -2.47. The third kappa shape index (κ3) is 6.96. The lowest BCUT2D eigenvalue weighted by atomic mass is 10.1. The van der Waals surface area contributed by atoms with E-state index in [0.29, 0.717) is 30.9 Å². The predicted molar refractivity (Wildman–Crippen MR) is 151 cm³/mol. The van der Waals surface area contributed by atoms with Gasteiger partial charge in [0, 0.05) is 49.8 Å². The Morgan fingerprint density at radius 1 is 0.850 bits per heavy atom. The van der Waals surface area contributed by atoms with E-state index < -0.39 is 17.8 Å². The minimum absolute atomic E-state index is 0.205. The van der Waals surface area contributed by atoms with Gasteiger partial charge < -0.3 is 30.5 Å². The molecule has 0 aromatic heterocycles. The van der Waals surface area contributed by atoms with E-state index in [4.69, 9.17) is 4.74 Å². The fourth-order valence-electron chi connectivity index (χ4n) is 4.52. The van der Waals surface area contributed by atoms with Crippen LogP contribution in [0.4, 0.5) is 40.7 Å². The highest BCUT2D eigenvalue weighted by atomic mass is 19.4. The number of rotatable bonds is 8. The summed E-state index contributed by atoms with van der Waals surface area (Å²) in [6, 6.07) is 16.5. The maximum Gasteiger partial charge on any atom is 0.416 e. The lowest BCUT2D eigenvalue weighted by molar-refractivity contribution is -0.137. The van der Waals surface area contributed by atoms with Gasteiger partial charge in [-0.2, -0.15) is 13.2 Å². The van der Waals surface area contributed by atoms with Crippen LogP contribution < -0.4 is 30.5 Å². The second-order valence-electron chi connectivity index (χ2n) is 9.29. The van der Waals surface area contributed by atoms with Crippen molar-refractivity contribution >= 4 is 34.7 Å². The first-order chi connectivity index (χ1) is 19.2. The standard InChI is InChI=1S/C29H32F3N5O3/c1-3-14-33-27(38)23-19-22(35-28(39)34-21-10-8-20(9-11-21)29(30,31)32)12-13-24(23)36-15-17-37(18-16-36)25-6-4-5-7-26(25)40-2/h4-13,19H,3,14-18H2,1-2H3,(H,33,38)(H2,34,35,39). The molecule has 3 aromatic rings. The van der Waals surface area contributed by atoms with Gasteiger partial charge in [0.25, 0.3) is 5.91 Å². The SMILES string of the molecule is CCCNC(=O)c1cc(NC(=O)Nc2ccc(C(F)(F)F)cc2)ccc1N1CCN(c2ccccc2OC)CC1. The van der Waals surface area contributed by atoms with E-state index in [0.717, 1.165) is 48.8 Å². The number of piperazine rings is 1. The van der Waals surface area contributed by atoms with Crippen molar-refractivity contribution < 1.29 is 27.5 Å². The van der Waals surface area contributed by atoms with Crippen molar-refractivity contribution in [1.82, 2.24) is 5.32 Å². The van der Waals surface area contributed by atoms with Crippen LogP contribution in [0.1, 0.15) is 29.3 Å². The quantitative estimate of drug-likeness (QED) is 0.326. The van der Waals surface area contributed by atoms with Gasteiger partial charge in [-0.3, -0.25) is 4.79 Å². The van der Waals surface area contributed by atoms with E-state index in [1.54, 1.807) is 25.3 Å². The molecule has 0 aliphatic carbocycles. The molecule has 0 saturated carbocycles. The van der Waals surface area contributed by atoms with Gasteiger partial charge in [0.15, 0.2) is 0 Å². The predicted octanol–water partition coefficient (Wildman–Crippen LogP) is 5.82. The molecule has 3 N–H and O–H groups in total. The van der Waals surface area contributed by atoms with Gasteiger partial charge in [0.1, 0.15) is 5.75 Å². The summed E-state index contributed by atoms with van der Waals surface area (Å²) in [7, 11) is 1.65. The summed E-state index contributed by atoms with van der Waals surface area (Å²) in [6.45, 7) is 5.27. The van der Waals surface area contributed by atoms with Gasteiger partial charge in [0.2, 0.25) is 0 Å². The molecule has 0 radical (unpaired) electrons. The van der Waals surface area contributed by atoms with Crippen LogP contribution in [0.25, 0.3) is 0 Å². The van der Waals surface area contributed by atoms with Gasteiger partial charge in [-0.25, -0.2) is 4.79 Å². The van der Waals surface area contributed by atoms with Crippen molar-refractivity contribution in [2.24, 2.45) is 0 Å². The van der Waals surface area contributed by atoms with E-state index >= 15 is 0 Å². The number of benzene rings is 3. The van der Waals surface area contributed by atoms with Crippen LogP contribution >= 0.6 is 0 Å². The molecule has 11 heteroatoms. The number of halogens is 3. The molecule has 0 atom stereocenters. The first-order valence-electron chi connectivity index (χ1n) is 13.0. The Kier molecular flexibility index (Phi) is 9.03. The molecule has 1 heterocycles. The number of alkyl halides is 3. The molecular formula is C29H32F3N5O3. The summed E-state index contributed by atoms with van der Waals surface area (Å²) in [5.74, 6) is 0.552. The number of ether oxygens (including phenoxy) is 1. The number of nitrogens with one attached hydrogen (secondary N) is 3. The van der Waals surface area contributed by atoms with Gasteiger partial charge in [-0.15, -0.1) is 0 Å². The Morgan fingerprint density at radius 3 is 2.08 bits per heavy atom. The molecule has 3 amide bonds. The van der Waals surface area contributed by atoms with E-state index in [1.165, 1.54) is 12.1 Å². The molecule has 0 spiro atoms. The molecule has 4 rings (SSSR count). The zero-order chi connectivity index (χ0) is 28.7. The third-order valence-corrected chi connectivity index (χ3v) is 6.55. The van der Waals surface area contributed by atoms with Crippen molar-refractivity contribution in [1.29, 1.82) is 0 Å². The van der Waals surface area contributed by atoms with Gasteiger partial charge in [0.05, 0.1) is 23.9 Å². The maximum absolute atomic E-state index is 13.1. The fourth-order valence-corrected chi connectivity index (χ4v) is 4.52. The van der Waals surface area contributed by atoms with Crippen molar-refractivity contribution in [2.75, 3.05) is 60.3 Å². The highest BCUT2D eigenvalue weighted by Gasteiger charge is 2.30. The van der Waals surface area contributed by atoms with Crippen LogP contribution in [0.3, 0.4) is 0 Å². The Hall–Kier alpha value is -4.41. The van der Waals surface area contributed by atoms with Crippen LogP contribution in [0.5, 0.6) is 5.75 Å². The van der Waals surface area contributed by atoms with Crippen molar-refractivity contribution in [2.45, 2.75) is 19.5 Å². The largest absolute Gasteiger partial charge is 0.495 e. The average Bonchev–Trinajstić information content (AvgIpc) is 2.95. The lowest BCUT2D eigenvalue weighted by Gasteiger charge is -2.38. The number of anilines is 4. The smallest absolute Gasteiger partial charge is 0.416 e. The van der Waals surface area contributed by atoms with Gasteiger partial charge in [-0.1, -0.05) is 19.1 Å². The number of para-hydroxylation sites is 2. The summed E-state index contributed by atoms with van der Waals surface area (Å²) < 4.78 is 43.9. The Morgan fingerprint density at radius 2 is 1.45 bits per heavy atom. The second kappa shape index (κ2) is 12.6. The van der Waals surface area contributed by atoms with E-state index in [1.807, 2.05) is 31.2 Å². The Balaban J connectivity index is 1.47. The third-order valence-electron chi connectivity index (χ3n) is 6.55. The second-order valence-corrected chi connectivity index (χ2v) is 9.29. The number of amides is 3. The zero-order valence-electron chi connectivity index (χ0n) is 22.3. The summed E-state index contributed by atoms with van der Waals surface area (Å²) in [4.78, 5) is 30.0. The summed E-state index contributed by atoms with van der Waals surface area (Å²) in [5.41, 5.74) is 1.97. The molecule has 40 heavy (non-hydrogen) atoms. The number of nitrogens with zero attached hydrogens (tertiary/aromatic N) is 2. The number of carbonyl (C=O) groups is 2. The van der Waals surface area contributed by atoms with E-state index in [-0.39, 0.29) is 11.6 Å². The summed E-state index contributed by atoms with van der Waals surface area (Å²) in [6.07, 6.45) is -3.69. The normalized spacial score (nSPS) is 13.5. The maximum atomic E-state index is 13.1. The van der Waals surface area contributed by atoms with Gasteiger partial charge in [-0.05, 0) is 61.0 Å². The highest BCUT2D eigenvalue weighted by Crippen LogP contribution is 2.32. The number of hydrogen-bond donors (Lipinski definition) is 3. The van der Waals surface area contributed by atoms with E-state index in [9.17, 15) is 22.8 Å². The molecule has 1 aliphatic rings. The Labute approximate surface area is 231 Å². The molecule has 1 fully saturated rings. The molecule has 0 unspecified atom stereocenters. The van der Waals surface area contributed by atoms with Crippen LogP contribution in [0.2, 0.25) is 0 Å². The minimum Gasteiger partial charge on any atom is -0.495 e. The number of urea groups is 1. The molecular weight excluding hydrogens is 523 g/mol. The van der Waals surface area contributed by atoms with Crippen molar-refractivity contribution in [3.8, 4) is 5.75 Å². The first-order valence-corrected chi connectivity index (χ1v) is 13.0. The Bertz CT molecular complexity index is 1320. The zero-order valence-corrected chi connectivity index (χ0v) is 22.3. The number of hydrogen-bond acceptors (Lipinski definition) is 5. The highest BCUT2D eigenvalue weighted by molar-refractivity contribution is 6.04. The van der Waals surface area contributed by atoms with E-state index in [2.05, 4.69) is 25.8 Å². The summed E-state index contributed by atoms with van der Waals surface area (Å²) in [5, 5.41) is 8.08. The van der Waals surface area contributed by atoms with Crippen LogP contribution in [0.15, 0.2) is 66.7 Å². The fraction of sp³-hybridized carbons (Fsp3) is 0.310. The van der Waals surface area contributed by atoms with Crippen LogP contribution in [-0.4, -0.2) is 51.8 Å². The van der Waals surface area contributed by atoms with Gasteiger partial charge >= 0.3 is 12.2 Å². The van der Waals surface area contributed by atoms with Crippen molar-refractivity contribution in [3.63, 3.8) is 0 Å². The van der Waals surface area contributed by atoms with Crippen LogP contribution in [-0.2, 0) is 6.18 Å². The molecule has 1 saturated heterocycles. The topological polar surface area (TPSA) is 85.9 Å². The summed E-state index contributed by atoms with van der Waals surface area (Å²) >= 11 is 0. The average molecular weight is 556 g/mol. The molecule has 8 nitrogen and oxygen atoms in total. The molecule has 3 aromatic carbocycles. The molecule has 212 valence electrons. The monoisotopic (exact) mass is 555 g/mol. The minimum atomic E-state index is -4.46. The molecule has 0 bridgehead atoms. The van der Waals surface area contributed by atoms with Crippen molar-refractivity contribution in [3.05, 3.63) is 77.9 Å². The number of methoxy groups -OCH3 is 1.